The molecule has 0 bridgehead atoms. The molecule has 0 saturated heterocycles. The van der Waals surface area contributed by atoms with Crippen LogP contribution in [0, 0.1) is 0 Å². The Balaban J connectivity index is 2.92. The van der Waals surface area contributed by atoms with E-state index in [0.717, 1.165) is 0 Å². The van der Waals surface area contributed by atoms with Crippen molar-refractivity contribution in [1.82, 2.24) is 4.90 Å². The lowest BCUT2D eigenvalue weighted by molar-refractivity contribution is 0.104. The third-order valence-corrected chi connectivity index (χ3v) is 2.27. The maximum atomic E-state index is 11.7. The van der Waals surface area contributed by atoms with Crippen LogP contribution in [0.2, 0.25) is 5.02 Å². The van der Waals surface area contributed by atoms with Crippen LogP contribution in [0.1, 0.15) is 10.4 Å². The topological polar surface area (TPSA) is 29.5 Å². The first-order chi connectivity index (χ1) is 7.54. The standard InChI is InChI=1S/C12H14ClNO2/c1-14(2)7-6-11(15)9-4-5-10(13)12(8-9)16-3/h4-8H,1-3H3/b7-6+. The Morgan fingerprint density at radius 3 is 2.69 bits per heavy atom. The number of hydrogen-bond acceptors (Lipinski definition) is 3. The number of rotatable bonds is 4. The van der Waals surface area contributed by atoms with Crippen molar-refractivity contribution in [1.29, 1.82) is 0 Å². The molecule has 0 N–H and O–H groups in total. The second-order valence-electron chi connectivity index (χ2n) is 3.49. The summed E-state index contributed by atoms with van der Waals surface area (Å²) in [5, 5.41) is 0.496. The Kier molecular flexibility index (Phi) is 4.38. The van der Waals surface area contributed by atoms with E-state index in [1.807, 2.05) is 14.1 Å². The molecule has 0 aliphatic rings. The number of carbonyl (C=O) groups is 1. The van der Waals surface area contributed by atoms with Gasteiger partial charge in [-0.25, -0.2) is 0 Å². The van der Waals surface area contributed by atoms with Gasteiger partial charge in [0.25, 0.3) is 0 Å². The highest BCUT2D eigenvalue weighted by atomic mass is 35.5. The molecular weight excluding hydrogens is 226 g/mol. The molecule has 0 heterocycles. The molecule has 86 valence electrons. The summed E-state index contributed by atoms with van der Waals surface area (Å²) in [4.78, 5) is 13.5. The summed E-state index contributed by atoms with van der Waals surface area (Å²) >= 11 is 5.87. The van der Waals surface area contributed by atoms with Crippen LogP contribution in [-0.2, 0) is 0 Å². The molecule has 0 radical (unpaired) electrons. The van der Waals surface area contributed by atoms with Crippen LogP contribution in [0.4, 0.5) is 0 Å². The Morgan fingerprint density at radius 2 is 2.12 bits per heavy atom. The summed E-state index contributed by atoms with van der Waals surface area (Å²) in [7, 11) is 5.23. The number of carbonyl (C=O) groups excluding carboxylic acids is 1. The second kappa shape index (κ2) is 5.56. The highest BCUT2D eigenvalue weighted by molar-refractivity contribution is 6.32. The van der Waals surface area contributed by atoms with E-state index in [9.17, 15) is 4.79 Å². The van der Waals surface area contributed by atoms with E-state index in [2.05, 4.69) is 0 Å². The van der Waals surface area contributed by atoms with Crippen molar-refractivity contribution in [3.8, 4) is 5.75 Å². The predicted octanol–water partition coefficient (Wildman–Crippen LogP) is 2.61. The molecule has 16 heavy (non-hydrogen) atoms. The third kappa shape index (κ3) is 3.28. The van der Waals surface area contributed by atoms with E-state index in [1.165, 1.54) is 13.2 Å². The molecule has 0 aliphatic carbocycles. The van der Waals surface area contributed by atoms with Gasteiger partial charge in [0.05, 0.1) is 12.1 Å². The van der Waals surface area contributed by atoms with Crippen LogP contribution in [0.25, 0.3) is 0 Å². The molecule has 0 unspecified atom stereocenters. The summed E-state index contributed by atoms with van der Waals surface area (Å²) < 4.78 is 5.04. The lowest BCUT2D eigenvalue weighted by atomic mass is 10.1. The number of ketones is 1. The van der Waals surface area contributed by atoms with Crippen LogP contribution in [0.3, 0.4) is 0 Å². The highest BCUT2D eigenvalue weighted by Gasteiger charge is 2.06. The first-order valence-corrected chi connectivity index (χ1v) is 5.15. The highest BCUT2D eigenvalue weighted by Crippen LogP contribution is 2.25. The predicted molar refractivity (Wildman–Crippen MR) is 65.2 cm³/mol. The second-order valence-corrected chi connectivity index (χ2v) is 3.90. The van der Waals surface area contributed by atoms with Crippen molar-refractivity contribution < 1.29 is 9.53 Å². The molecule has 0 saturated carbocycles. The normalized spacial score (nSPS) is 10.5. The minimum absolute atomic E-state index is 0.0799. The van der Waals surface area contributed by atoms with E-state index in [4.69, 9.17) is 16.3 Å². The van der Waals surface area contributed by atoms with Crippen LogP contribution in [-0.4, -0.2) is 31.9 Å². The lowest BCUT2D eigenvalue weighted by Crippen LogP contribution is -2.03. The van der Waals surface area contributed by atoms with Gasteiger partial charge in [0.1, 0.15) is 5.75 Å². The Morgan fingerprint density at radius 1 is 1.44 bits per heavy atom. The zero-order valence-corrected chi connectivity index (χ0v) is 10.3. The first kappa shape index (κ1) is 12.6. The van der Waals surface area contributed by atoms with Gasteiger partial charge in [0, 0.05) is 31.9 Å². The number of benzene rings is 1. The van der Waals surface area contributed by atoms with Gasteiger partial charge in [-0.05, 0) is 18.2 Å². The van der Waals surface area contributed by atoms with Crippen LogP contribution < -0.4 is 4.74 Å². The number of methoxy groups -OCH3 is 1. The van der Waals surface area contributed by atoms with Gasteiger partial charge in [-0.15, -0.1) is 0 Å². The van der Waals surface area contributed by atoms with Crippen molar-refractivity contribution >= 4 is 17.4 Å². The van der Waals surface area contributed by atoms with Crippen molar-refractivity contribution in [2.24, 2.45) is 0 Å². The smallest absolute Gasteiger partial charge is 0.187 e. The van der Waals surface area contributed by atoms with Crippen molar-refractivity contribution in [2.75, 3.05) is 21.2 Å². The fraction of sp³-hybridized carbons (Fsp3) is 0.250. The van der Waals surface area contributed by atoms with Crippen molar-refractivity contribution in [3.63, 3.8) is 0 Å². The van der Waals surface area contributed by atoms with E-state index in [-0.39, 0.29) is 5.78 Å². The molecule has 1 rings (SSSR count). The Hall–Kier alpha value is -1.48. The minimum atomic E-state index is -0.0799. The Bertz CT molecular complexity index is 413. The first-order valence-electron chi connectivity index (χ1n) is 4.77. The number of nitrogens with zero attached hydrogens (tertiary/aromatic N) is 1. The zero-order chi connectivity index (χ0) is 12.1. The summed E-state index contributed by atoms with van der Waals surface area (Å²) in [6, 6.07) is 4.95. The summed E-state index contributed by atoms with van der Waals surface area (Å²) in [6.07, 6.45) is 3.20. The fourth-order valence-corrected chi connectivity index (χ4v) is 1.32. The molecule has 4 heteroatoms. The van der Waals surface area contributed by atoms with Crippen LogP contribution in [0.5, 0.6) is 5.75 Å². The maximum Gasteiger partial charge on any atom is 0.187 e. The largest absolute Gasteiger partial charge is 0.495 e. The molecular formula is C12H14ClNO2. The fourth-order valence-electron chi connectivity index (χ4n) is 1.13. The van der Waals surface area contributed by atoms with E-state index >= 15 is 0 Å². The third-order valence-electron chi connectivity index (χ3n) is 1.96. The monoisotopic (exact) mass is 239 g/mol. The molecule has 0 atom stereocenters. The van der Waals surface area contributed by atoms with Gasteiger partial charge >= 0.3 is 0 Å². The van der Waals surface area contributed by atoms with Gasteiger partial charge in [0.2, 0.25) is 0 Å². The van der Waals surface area contributed by atoms with E-state index < -0.39 is 0 Å². The van der Waals surface area contributed by atoms with E-state index in [1.54, 1.807) is 29.3 Å². The zero-order valence-electron chi connectivity index (χ0n) is 9.53. The van der Waals surface area contributed by atoms with Gasteiger partial charge in [-0.3, -0.25) is 4.79 Å². The van der Waals surface area contributed by atoms with Gasteiger partial charge in [-0.2, -0.15) is 0 Å². The molecule has 0 fully saturated rings. The van der Waals surface area contributed by atoms with Crippen molar-refractivity contribution in [3.05, 3.63) is 41.1 Å². The van der Waals surface area contributed by atoms with Crippen LogP contribution >= 0.6 is 11.6 Å². The molecule has 0 amide bonds. The summed E-state index contributed by atoms with van der Waals surface area (Å²) in [5.41, 5.74) is 0.555. The molecule has 0 aliphatic heterocycles. The van der Waals surface area contributed by atoms with Gasteiger partial charge < -0.3 is 9.64 Å². The summed E-state index contributed by atoms with van der Waals surface area (Å²) in [5.74, 6) is 0.425. The number of halogens is 1. The average Bonchev–Trinajstić information content (AvgIpc) is 2.26. The molecule has 0 spiro atoms. The Labute approximate surface area is 100 Å². The SMILES string of the molecule is COc1cc(C(=O)/C=C/N(C)C)ccc1Cl. The molecule has 3 nitrogen and oxygen atoms in total. The van der Waals surface area contributed by atoms with Gasteiger partial charge in [0.15, 0.2) is 5.78 Å². The van der Waals surface area contributed by atoms with Crippen molar-refractivity contribution in [2.45, 2.75) is 0 Å². The minimum Gasteiger partial charge on any atom is -0.495 e. The lowest BCUT2D eigenvalue weighted by Gasteiger charge is -2.05. The van der Waals surface area contributed by atoms with E-state index in [0.29, 0.717) is 16.3 Å². The average molecular weight is 240 g/mol. The number of ether oxygens (including phenoxy) is 1. The number of allylic oxidation sites excluding steroid dienone is 1. The molecule has 0 aromatic heterocycles. The molecule has 1 aromatic rings. The quantitative estimate of drug-likeness (QED) is 0.598. The number of hydrogen-bond donors (Lipinski definition) is 0. The molecule has 1 aromatic carbocycles. The van der Waals surface area contributed by atoms with Crippen LogP contribution in [0.15, 0.2) is 30.5 Å². The summed E-state index contributed by atoms with van der Waals surface area (Å²) in [6.45, 7) is 0. The van der Waals surface area contributed by atoms with Gasteiger partial charge in [-0.1, -0.05) is 11.6 Å². The maximum absolute atomic E-state index is 11.7.